The lowest BCUT2D eigenvalue weighted by atomic mass is 10.1. The van der Waals surface area contributed by atoms with Crippen molar-refractivity contribution in [1.82, 2.24) is 0 Å². The fraction of sp³-hybridized carbons (Fsp3) is 0.467. The van der Waals surface area contributed by atoms with Crippen LogP contribution in [0.3, 0.4) is 0 Å². The van der Waals surface area contributed by atoms with E-state index in [-0.39, 0.29) is 17.2 Å². The van der Waals surface area contributed by atoms with Crippen LogP contribution in [0.4, 0.5) is 10.5 Å². The van der Waals surface area contributed by atoms with E-state index in [4.69, 9.17) is 4.74 Å². The van der Waals surface area contributed by atoms with Gasteiger partial charge < -0.3 is 14.6 Å². The molecule has 0 spiro atoms. The van der Waals surface area contributed by atoms with E-state index in [1.54, 1.807) is 32.9 Å². The van der Waals surface area contributed by atoms with Crippen molar-refractivity contribution in [3.63, 3.8) is 0 Å². The number of anilines is 1. The first-order valence-electron chi connectivity index (χ1n) is 6.49. The second-order valence-electron chi connectivity index (χ2n) is 5.68. The number of ketones is 1. The van der Waals surface area contributed by atoms with Crippen molar-refractivity contribution in [2.45, 2.75) is 46.1 Å². The summed E-state index contributed by atoms with van der Waals surface area (Å²) in [5.74, 6) is 0.0531. The molecule has 0 bridgehead atoms. The maximum absolute atomic E-state index is 11.6. The Hall–Kier alpha value is -2.04. The van der Waals surface area contributed by atoms with Gasteiger partial charge in [-0.05, 0) is 51.8 Å². The summed E-state index contributed by atoms with van der Waals surface area (Å²) in [7, 11) is 0. The van der Waals surface area contributed by atoms with Crippen LogP contribution in [0.5, 0.6) is 5.75 Å². The molecule has 0 aromatic heterocycles. The van der Waals surface area contributed by atoms with Crippen molar-refractivity contribution >= 4 is 17.6 Å². The smallest absolute Gasteiger partial charge is 0.412 e. The number of aryl methyl sites for hydroxylation is 1. The Morgan fingerprint density at radius 2 is 1.95 bits per heavy atom. The minimum atomic E-state index is -0.621. The van der Waals surface area contributed by atoms with Crippen molar-refractivity contribution in [1.29, 1.82) is 0 Å². The molecule has 1 amide bonds. The zero-order valence-electron chi connectivity index (χ0n) is 12.3. The number of carbonyl (C=O) groups excluding carboxylic acids is 2. The van der Waals surface area contributed by atoms with Gasteiger partial charge in [0.15, 0.2) is 0 Å². The summed E-state index contributed by atoms with van der Waals surface area (Å²) in [4.78, 5) is 22.5. The Morgan fingerprint density at radius 1 is 1.30 bits per heavy atom. The predicted octanol–water partition coefficient (Wildman–Crippen LogP) is 3.26. The highest BCUT2D eigenvalue weighted by Crippen LogP contribution is 2.25. The average molecular weight is 279 g/mol. The van der Waals surface area contributed by atoms with E-state index >= 15 is 0 Å². The van der Waals surface area contributed by atoms with Crippen molar-refractivity contribution in [3.8, 4) is 5.75 Å². The third-order valence-electron chi connectivity index (χ3n) is 2.46. The van der Waals surface area contributed by atoms with E-state index in [1.807, 2.05) is 0 Å². The van der Waals surface area contributed by atoms with Gasteiger partial charge >= 0.3 is 6.09 Å². The first kappa shape index (κ1) is 16.0. The molecule has 5 heteroatoms. The van der Waals surface area contributed by atoms with Crippen molar-refractivity contribution in [2.24, 2.45) is 0 Å². The summed E-state index contributed by atoms with van der Waals surface area (Å²) in [5.41, 5.74) is 0.527. The van der Waals surface area contributed by atoms with Gasteiger partial charge in [-0.3, -0.25) is 5.32 Å². The third kappa shape index (κ3) is 5.73. The molecule has 0 aliphatic heterocycles. The summed E-state index contributed by atoms with van der Waals surface area (Å²) in [6.07, 6.45) is 0.373. The number of phenols is 1. The lowest BCUT2D eigenvalue weighted by molar-refractivity contribution is -0.116. The molecule has 1 aromatic rings. The van der Waals surface area contributed by atoms with Gasteiger partial charge in [-0.1, -0.05) is 6.07 Å². The lowest BCUT2D eigenvalue weighted by Crippen LogP contribution is -2.27. The molecule has 0 unspecified atom stereocenters. The number of nitrogens with one attached hydrogen (secondary N) is 1. The maximum atomic E-state index is 11.6. The number of benzene rings is 1. The molecule has 2 N–H and O–H groups in total. The van der Waals surface area contributed by atoms with Gasteiger partial charge in [0.1, 0.15) is 17.1 Å². The van der Waals surface area contributed by atoms with Crippen LogP contribution in [0.2, 0.25) is 0 Å². The molecule has 20 heavy (non-hydrogen) atoms. The van der Waals surface area contributed by atoms with Crippen LogP contribution in [-0.4, -0.2) is 22.6 Å². The SMILES string of the molecule is CC(=O)CCc1ccc(NC(=O)OC(C)(C)C)c(O)c1. The molecule has 0 atom stereocenters. The Morgan fingerprint density at radius 3 is 2.45 bits per heavy atom. The highest BCUT2D eigenvalue weighted by molar-refractivity contribution is 5.87. The largest absolute Gasteiger partial charge is 0.506 e. The highest BCUT2D eigenvalue weighted by Gasteiger charge is 2.17. The van der Waals surface area contributed by atoms with Crippen LogP contribution < -0.4 is 5.32 Å². The molecule has 0 saturated heterocycles. The molecule has 1 aromatic carbocycles. The van der Waals surface area contributed by atoms with Gasteiger partial charge in [-0.15, -0.1) is 0 Å². The van der Waals surface area contributed by atoms with Crippen LogP contribution in [0, 0.1) is 0 Å². The summed E-state index contributed by atoms with van der Waals surface area (Å²) < 4.78 is 5.10. The Balaban J connectivity index is 2.68. The summed E-state index contributed by atoms with van der Waals surface area (Å²) in [6.45, 7) is 6.81. The molecule has 0 aliphatic rings. The minimum Gasteiger partial charge on any atom is -0.506 e. The number of phenolic OH excluding ortho intramolecular Hbond substituents is 1. The van der Waals surface area contributed by atoms with Crippen LogP contribution in [0.15, 0.2) is 18.2 Å². The number of amides is 1. The molecule has 5 nitrogen and oxygen atoms in total. The lowest BCUT2D eigenvalue weighted by Gasteiger charge is -2.20. The standard InChI is InChI=1S/C15H21NO4/c1-10(17)5-6-11-7-8-12(13(18)9-11)16-14(19)20-15(2,3)4/h7-9,18H,5-6H2,1-4H3,(H,16,19). The second kappa shape index (κ2) is 6.41. The minimum absolute atomic E-state index is 0.0445. The number of hydrogen-bond donors (Lipinski definition) is 2. The zero-order valence-corrected chi connectivity index (χ0v) is 12.3. The van der Waals surface area contributed by atoms with Crippen LogP contribution in [0.25, 0.3) is 0 Å². The third-order valence-corrected chi connectivity index (χ3v) is 2.46. The number of ether oxygens (including phenoxy) is 1. The molecule has 0 saturated carbocycles. The van der Waals surface area contributed by atoms with Gasteiger partial charge in [0.05, 0.1) is 5.69 Å². The van der Waals surface area contributed by atoms with E-state index in [9.17, 15) is 14.7 Å². The van der Waals surface area contributed by atoms with Gasteiger partial charge in [0.25, 0.3) is 0 Å². The quantitative estimate of drug-likeness (QED) is 0.829. The van der Waals surface area contributed by atoms with E-state index in [0.29, 0.717) is 12.8 Å². The number of aromatic hydroxyl groups is 1. The Labute approximate surface area is 118 Å². The molecule has 110 valence electrons. The average Bonchev–Trinajstić information content (AvgIpc) is 2.27. The molecular weight excluding hydrogens is 258 g/mol. The summed E-state index contributed by atoms with van der Waals surface area (Å²) in [5, 5.41) is 12.3. The zero-order chi connectivity index (χ0) is 15.3. The van der Waals surface area contributed by atoms with Gasteiger partial charge in [-0.25, -0.2) is 4.79 Å². The first-order valence-corrected chi connectivity index (χ1v) is 6.49. The van der Waals surface area contributed by atoms with E-state index in [2.05, 4.69) is 5.32 Å². The Bertz CT molecular complexity index is 503. The van der Waals surface area contributed by atoms with E-state index in [0.717, 1.165) is 5.56 Å². The molecule has 1 rings (SSSR count). The van der Waals surface area contributed by atoms with Crippen LogP contribution in [-0.2, 0) is 16.0 Å². The number of hydrogen-bond acceptors (Lipinski definition) is 4. The van der Waals surface area contributed by atoms with Crippen LogP contribution >= 0.6 is 0 Å². The van der Waals surface area contributed by atoms with Crippen molar-refractivity contribution in [3.05, 3.63) is 23.8 Å². The Kier molecular flexibility index (Phi) is 5.13. The van der Waals surface area contributed by atoms with Gasteiger partial charge in [0.2, 0.25) is 0 Å². The second-order valence-corrected chi connectivity index (χ2v) is 5.68. The van der Waals surface area contributed by atoms with E-state index in [1.165, 1.54) is 13.0 Å². The van der Waals surface area contributed by atoms with Crippen molar-refractivity contribution < 1.29 is 19.4 Å². The van der Waals surface area contributed by atoms with Crippen molar-refractivity contribution in [2.75, 3.05) is 5.32 Å². The molecule has 0 radical (unpaired) electrons. The molecular formula is C15H21NO4. The maximum Gasteiger partial charge on any atom is 0.412 e. The normalized spacial score (nSPS) is 11.0. The fourth-order valence-corrected chi connectivity index (χ4v) is 1.57. The molecule has 0 heterocycles. The number of Topliss-reactive ketones (excluding diaryl/α,β-unsaturated/α-hetero) is 1. The highest BCUT2D eigenvalue weighted by atomic mass is 16.6. The fourth-order valence-electron chi connectivity index (χ4n) is 1.57. The van der Waals surface area contributed by atoms with Gasteiger partial charge in [0, 0.05) is 6.42 Å². The van der Waals surface area contributed by atoms with Crippen LogP contribution in [0.1, 0.15) is 39.7 Å². The topological polar surface area (TPSA) is 75.6 Å². The number of rotatable bonds is 4. The molecule has 0 fully saturated rings. The monoisotopic (exact) mass is 279 g/mol. The first-order chi connectivity index (χ1) is 9.17. The summed E-state index contributed by atoms with van der Waals surface area (Å²) >= 11 is 0. The predicted molar refractivity (Wildman–Crippen MR) is 77.0 cm³/mol. The summed E-state index contributed by atoms with van der Waals surface area (Å²) in [6, 6.07) is 4.89. The molecule has 0 aliphatic carbocycles. The number of carbonyl (C=O) groups is 2. The van der Waals surface area contributed by atoms with E-state index < -0.39 is 11.7 Å². The van der Waals surface area contributed by atoms with Gasteiger partial charge in [-0.2, -0.15) is 0 Å².